The van der Waals surface area contributed by atoms with Crippen molar-refractivity contribution in [2.45, 2.75) is 110 Å². The second-order valence-electron chi connectivity index (χ2n) is 10.4. The van der Waals surface area contributed by atoms with Gasteiger partial charge >= 0.3 is 0 Å². The van der Waals surface area contributed by atoms with Crippen molar-refractivity contribution in [3.05, 3.63) is 59.7 Å². The molecule has 2 rings (SSSR count). The summed E-state index contributed by atoms with van der Waals surface area (Å²) < 4.78 is 0. The molecule has 0 spiro atoms. The van der Waals surface area contributed by atoms with E-state index in [1.165, 1.54) is 0 Å². The van der Waals surface area contributed by atoms with Crippen LogP contribution in [0, 0.1) is 0 Å². The van der Waals surface area contributed by atoms with Crippen LogP contribution in [-0.4, -0.2) is 23.4 Å². The molecule has 0 unspecified atom stereocenters. The monoisotopic (exact) mass is 534 g/mol. The molecule has 0 radical (unpaired) electrons. The number of carbonyl (C=O) groups excluding carboxylic acids is 4. The van der Waals surface area contributed by atoms with E-state index in [9.17, 15) is 19.2 Å². The molecule has 0 aliphatic heterocycles. The van der Waals surface area contributed by atoms with Gasteiger partial charge in [-0.15, -0.1) is 0 Å². The van der Waals surface area contributed by atoms with E-state index in [2.05, 4.69) is 24.5 Å². The first-order valence-electron chi connectivity index (χ1n) is 14.7. The number of amides is 2. The highest BCUT2D eigenvalue weighted by Crippen LogP contribution is 2.15. The van der Waals surface area contributed by atoms with E-state index in [-0.39, 0.29) is 23.4 Å². The first-order chi connectivity index (χ1) is 18.9. The van der Waals surface area contributed by atoms with Gasteiger partial charge in [-0.1, -0.05) is 70.2 Å². The molecule has 0 saturated carbocycles. The van der Waals surface area contributed by atoms with Gasteiger partial charge in [0.25, 0.3) is 0 Å². The Balaban J connectivity index is 1.58. The van der Waals surface area contributed by atoms with Gasteiger partial charge in [-0.3, -0.25) is 19.2 Å². The number of ketones is 2. The van der Waals surface area contributed by atoms with Crippen LogP contribution in [0.4, 0.5) is 11.4 Å². The van der Waals surface area contributed by atoms with Crippen molar-refractivity contribution in [2.75, 3.05) is 10.6 Å². The van der Waals surface area contributed by atoms with Crippen molar-refractivity contribution >= 4 is 34.8 Å². The van der Waals surface area contributed by atoms with Gasteiger partial charge in [-0.05, 0) is 61.1 Å². The number of nitrogens with one attached hydrogen (secondary N) is 2. The lowest BCUT2D eigenvalue weighted by Crippen LogP contribution is -2.12. The van der Waals surface area contributed by atoms with Crippen LogP contribution in [0.2, 0.25) is 0 Å². The minimum absolute atomic E-state index is 0.0493. The molecule has 6 nitrogen and oxygen atoms in total. The quantitative estimate of drug-likeness (QED) is 0.171. The molecule has 0 aliphatic carbocycles. The molecule has 2 N–H and O–H groups in total. The van der Waals surface area contributed by atoms with Crippen molar-refractivity contribution in [3.8, 4) is 0 Å². The van der Waals surface area contributed by atoms with Crippen LogP contribution in [-0.2, 0) is 32.0 Å². The van der Waals surface area contributed by atoms with Crippen LogP contribution >= 0.6 is 0 Å². The van der Waals surface area contributed by atoms with Gasteiger partial charge in [-0.2, -0.15) is 0 Å². The Morgan fingerprint density at radius 1 is 0.487 bits per heavy atom. The summed E-state index contributed by atoms with van der Waals surface area (Å²) in [5.74, 6) is 0.416. The lowest BCUT2D eigenvalue weighted by atomic mass is 10.0. The summed E-state index contributed by atoms with van der Waals surface area (Å²) in [5, 5.41) is 5.80. The third-order valence-corrected chi connectivity index (χ3v) is 6.70. The third kappa shape index (κ3) is 14.4. The number of rotatable bonds is 20. The smallest absolute Gasteiger partial charge is 0.224 e. The van der Waals surface area contributed by atoms with E-state index in [4.69, 9.17) is 0 Å². The van der Waals surface area contributed by atoms with Crippen molar-refractivity contribution in [3.63, 3.8) is 0 Å². The molecule has 2 aromatic rings. The number of Topliss-reactive ketones (excluding diaryl/α,β-unsaturated/α-hetero) is 2. The zero-order valence-corrected chi connectivity index (χ0v) is 23.9. The van der Waals surface area contributed by atoms with E-state index in [1.807, 2.05) is 48.5 Å². The largest absolute Gasteiger partial charge is 0.326 e. The molecule has 212 valence electrons. The lowest BCUT2D eigenvalue weighted by Gasteiger charge is -2.08. The lowest BCUT2D eigenvalue weighted by molar-refractivity contribution is -0.119. The van der Waals surface area contributed by atoms with Crippen LogP contribution in [0.3, 0.4) is 0 Å². The van der Waals surface area contributed by atoms with Crippen LogP contribution in [0.15, 0.2) is 48.5 Å². The maximum atomic E-state index is 12.3. The molecular formula is C33H46N2O4. The fraction of sp³-hybridized carbons (Fsp3) is 0.515. The van der Waals surface area contributed by atoms with Crippen molar-refractivity contribution < 1.29 is 19.2 Å². The van der Waals surface area contributed by atoms with Crippen molar-refractivity contribution in [2.24, 2.45) is 0 Å². The summed E-state index contributed by atoms with van der Waals surface area (Å²) >= 11 is 0. The number of hydrogen-bond acceptors (Lipinski definition) is 4. The number of benzene rings is 2. The fourth-order valence-electron chi connectivity index (χ4n) is 4.38. The molecule has 2 aromatic carbocycles. The van der Waals surface area contributed by atoms with Gasteiger partial charge in [0, 0.05) is 49.9 Å². The van der Waals surface area contributed by atoms with Gasteiger partial charge in [0.15, 0.2) is 0 Å². The predicted molar refractivity (Wildman–Crippen MR) is 159 cm³/mol. The molecular weight excluding hydrogens is 488 g/mol. The van der Waals surface area contributed by atoms with Crippen LogP contribution in [0.1, 0.15) is 108 Å². The Kier molecular flexibility index (Phi) is 15.5. The van der Waals surface area contributed by atoms with E-state index in [0.717, 1.165) is 67.4 Å². The minimum atomic E-state index is -0.0493. The second kappa shape index (κ2) is 18.9. The molecule has 0 bridgehead atoms. The van der Waals surface area contributed by atoms with E-state index in [0.29, 0.717) is 51.4 Å². The average Bonchev–Trinajstić information content (AvgIpc) is 2.91. The van der Waals surface area contributed by atoms with Gasteiger partial charge in [0.1, 0.15) is 11.6 Å². The van der Waals surface area contributed by atoms with Gasteiger partial charge in [0.2, 0.25) is 11.8 Å². The highest BCUT2D eigenvalue weighted by atomic mass is 16.2. The molecule has 0 heterocycles. The zero-order valence-electron chi connectivity index (χ0n) is 23.9. The zero-order chi connectivity index (χ0) is 28.3. The summed E-state index contributed by atoms with van der Waals surface area (Å²) in [5.41, 5.74) is 3.40. The molecule has 0 aliphatic rings. The van der Waals surface area contributed by atoms with Crippen LogP contribution in [0.25, 0.3) is 0 Å². The SMILES string of the molecule is CCCCCC(=O)Cc1ccc(NC(=O)CCCCCC(=O)Nc2ccc(CC(=O)CCCCC)cc2)cc1. The van der Waals surface area contributed by atoms with Crippen molar-refractivity contribution in [1.82, 2.24) is 0 Å². The molecule has 0 fully saturated rings. The summed E-state index contributed by atoms with van der Waals surface area (Å²) in [4.78, 5) is 48.6. The van der Waals surface area contributed by atoms with E-state index in [1.54, 1.807) is 0 Å². The number of carbonyl (C=O) groups is 4. The van der Waals surface area contributed by atoms with Crippen LogP contribution in [0.5, 0.6) is 0 Å². The Labute approximate surface area is 234 Å². The van der Waals surface area contributed by atoms with Gasteiger partial charge in [-0.25, -0.2) is 0 Å². The second-order valence-corrected chi connectivity index (χ2v) is 10.4. The van der Waals surface area contributed by atoms with E-state index < -0.39 is 0 Å². The highest BCUT2D eigenvalue weighted by molar-refractivity contribution is 5.91. The first-order valence-corrected chi connectivity index (χ1v) is 14.7. The predicted octanol–water partition coefficient (Wildman–Crippen LogP) is 7.60. The number of unbranched alkanes of at least 4 members (excludes halogenated alkanes) is 6. The Morgan fingerprint density at radius 3 is 1.21 bits per heavy atom. The van der Waals surface area contributed by atoms with Gasteiger partial charge in [0.05, 0.1) is 0 Å². The topological polar surface area (TPSA) is 92.3 Å². The molecule has 0 aromatic heterocycles. The van der Waals surface area contributed by atoms with Gasteiger partial charge < -0.3 is 10.6 Å². The number of hydrogen-bond donors (Lipinski definition) is 2. The Morgan fingerprint density at radius 2 is 0.846 bits per heavy atom. The molecule has 2 amide bonds. The summed E-state index contributed by atoms with van der Waals surface area (Å²) in [6, 6.07) is 15.0. The van der Waals surface area contributed by atoms with E-state index >= 15 is 0 Å². The Hall–Kier alpha value is -3.28. The van der Waals surface area contributed by atoms with Crippen LogP contribution < -0.4 is 10.6 Å². The normalized spacial score (nSPS) is 10.7. The Bertz CT molecular complexity index is 945. The van der Waals surface area contributed by atoms with Crippen molar-refractivity contribution in [1.29, 1.82) is 0 Å². The highest BCUT2D eigenvalue weighted by Gasteiger charge is 2.08. The minimum Gasteiger partial charge on any atom is -0.326 e. The third-order valence-electron chi connectivity index (χ3n) is 6.70. The summed E-state index contributed by atoms with van der Waals surface area (Å²) in [7, 11) is 0. The standard InChI is InChI=1S/C33H46N2O4/c1-3-5-8-12-30(36)24-26-16-20-28(21-17-26)34-32(38)14-10-7-11-15-33(39)35-29-22-18-27(19-23-29)25-31(37)13-9-6-4-2/h16-23H,3-15,24-25H2,1-2H3,(H,34,38)(H,35,39). The molecule has 0 atom stereocenters. The molecule has 39 heavy (non-hydrogen) atoms. The molecule has 6 heteroatoms. The average molecular weight is 535 g/mol. The summed E-state index contributed by atoms with van der Waals surface area (Å²) in [6.45, 7) is 4.25. The first kappa shape index (κ1) is 31.9. The number of anilines is 2. The molecule has 0 saturated heterocycles. The fourth-order valence-corrected chi connectivity index (χ4v) is 4.38. The maximum Gasteiger partial charge on any atom is 0.224 e. The maximum absolute atomic E-state index is 12.3. The summed E-state index contributed by atoms with van der Waals surface area (Å²) in [6.07, 6.45) is 11.4.